The van der Waals surface area contributed by atoms with Crippen molar-refractivity contribution >= 4 is 26.0 Å². The van der Waals surface area contributed by atoms with Crippen LogP contribution in [0.1, 0.15) is 95.9 Å². The standard InChI is InChI=1S/C12H24BNO2.C7H15NO2.C5H13BO2/c1-11(2,3)7-9-10(15)14-13(16-9)8-12(4,5)6;1-7(2,3)4-5(9)6(8)10;1-5(2,3)4-6(7)8/h9H,7-8H2,1-6H3,(H,14,15);5,9H,4H2,1-3H3,(H2,8,10);7-8H,4H2,1-3H3. The smallest absolute Gasteiger partial charge is 0.427 e. The van der Waals surface area contributed by atoms with Gasteiger partial charge >= 0.3 is 14.2 Å². The third kappa shape index (κ3) is 22.7. The van der Waals surface area contributed by atoms with E-state index < -0.39 is 19.1 Å². The van der Waals surface area contributed by atoms with Crippen LogP contribution in [0.4, 0.5) is 0 Å². The van der Waals surface area contributed by atoms with Gasteiger partial charge in [-0.1, -0.05) is 83.1 Å². The van der Waals surface area contributed by atoms with Crippen molar-refractivity contribution in [1.29, 1.82) is 0 Å². The lowest BCUT2D eigenvalue weighted by molar-refractivity contribution is -0.127. The Bertz CT molecular complexity index is 617. The van der Waals surface area contributed by atoms with E-state index in [0.717, 1.165) is 12.7 Å². The first-order valence-corrected chi connectivity index (χ1v) is 12.1. The van der Waals surface area contributed by atoms with Gasteiger partial charge in [0, 0.05) is 0 Å². The summed E-state index contributed by atoms with van der Waals surface area (Å²) < 4.78 is 5.77. The van der Waals surface area contributed by atoms with Crippen LogP contribution in [-0.2, 0) is 14.2 Å². The minimum atomic E-state index is -1.16. The maximum Gasteiger partial charge on any atom is 0.451 e. The number of nitrogens with two attached hydrogens (primary N) is 1. The van der Waals surface area contributed by atoms with Crippen LogP contribution in [-0.4, -0.2) is 53.3 Å². The lowest BCUT2D eigenvalue weighted by Gasteiger charge is -2.22. The van der Waals surface area contributed by atoms with E-state index in [4.69, 9.17) is 25.5 Å². The number of nitrogens with one attached hydrogen (secondary N) is 1. The molecule has 0 spiro atoms. The molecule has 1 aliphatic rings. The minimum Gasteiger partial charge on any atom is -0.427 e. The lowest BCUT2D eigenvalue weighted by Crippen LogP contribution is -2.34. The van der Waals surface area contributed by atoms with Crippen molar-refractivity contribution in [3.63, 3.8) is 0 Å². The van der Waals surface area contributed by atoms with Crippen molar-refractivity contribution in [3.8, 4) is 0 Å². The summed E-state index contributed by atoms with van der Waals surface area (Å²) in [5, 5.41) is 28.8. The first-order valence-electron chi connectivity index (χ1n) is 12.1. The number of primary amides is 1. The SMILES string of the molecule is CC(C)(C)CB(O)O.CC(C)(C)CB1NC(=O)C(CC(C)(C)C)O1.CC(C)(C)CC(O)C(N)=O. The predicted octanol–water partition coefficient (Wildman–Crippen LogP) is 3.25. The second kappa shape index (κ2) is 13.9. The Hall–Kier alpha value is -1.09. The quantitative estimate of drug-likeness (QED) is 0.378. The van der Waals surface area contributed by atoms with E-state index >= 15 is 0 Å². The molecule has 1 heterocycles. The zero-order valence-corrected chi connectivity index (χ0v) is 23.8. The summed E-state index contributed by atoms with van der Waals surface area (Å²) >= 11 is 0. The highest BCUT2D eigenvalue weighted by Gasteiger charge is 2.40. The molecule has 1 rings (SSSR count). The third-order valence-corrected chi connectivity index (χ3v) is 4.45. The molecule has 1 aliphatic heterocycles. The second-order valence-corrected chi connectivity index (χ2v) is 14.1. The topological polar surface area (TPSA) is 142 Å². The normalized spacial score (nSPS) is 17.7. The molecular formula is C24H52B2N2O6. The van der Waals surface area contributed by atoms with Gasteiger partial charge < -0.3 is 30.8 Å². The van der Waals surface area contributed by atoms with E-state index in [1.165, 1.54) is 0 Å². The van der Waals surface area contributed by atoms with E-state index in [2.05, 4.69) is 46.8 Å². The van der Waals surface area contributed by atoms with Gasteiger partial charge in [0.15, 0.2) is 0 Å². The highest BCUT2D eigenvalue weighted by atomic mass is 16.5. The highest BCUT2D eigenvalue weighted by molar-refractivity contribution is 6.55. The lowest BCUT2D eigenvalue weighted by atomic mass is 9.68. The van der Waals surface area contributed by atoms with Crippen LogP contribution in [0.15, 0.2) is 0 Å². The summed E-state index contributed by atoms with van der Waals surface area (Å²) in [6.07, 6.45) is 1.22. The molecule has 10 heteroatoms. The van der Waals surface area contributed by atoms with Crippen molar-refractivity contribution in [2.45, 2.75) is 121 Å². The number of carbonyl (C=O) groups is 2. The third-order valence-electron chi connectivity index (χ3n) is 4.45. The zero-order valence-electron chi connectivity index (χ0n) is 23.8. The number of aliphatic hydroxyl groups is 1. The van der Waals surface area contributed by atoms with Crippen molar-refractivity contribution < 1.29 is 29.4 Å². The Morgan fingerprint density at radius 2 is 1.44 bits per heavy atom. The fourth-order valence-corrected chi connectivity index (χ4v) is 3.13. The Morgan fingerprint density at radius 1 is 0.971 bits per heavy atom. The molecule has 0 aromatic carbocycles. The predicted molar refractivity (Wildman–Crippen MR) is 141 cm³/mol. The number of amides is 2. The number of hydrogen-bond donors (Lipinski definition) is 5. The second-order valence-electron chi connectivity index (χ2n) is 14.1. The summed E-state index contributed by atoms with van der Waals surface area (Å²) in [6, 6.07) is 0. The van der Waals surface area contributed by atoms with E-state index in [0.29, 0.717) is 12.7 Å². The van der Waals surface area contributed by atoms with Gasteiger partial charge in [-0.15, -0.1) is 0 Å². The number of aliphatic hydroxyl groups excluding tert-OH is 1. The summed E-state index contributed by atoms with van der Waals surface area (Å²) in [7, 11) is -1.27. The minimum absolute atomic E-state index is 0.0220. The van der Waals surface area contributed by atoms with Gasteiger partial charge in [-0.25, -0.2) is 0 Å². The Kier molecular flexibility index (Phi) is 14.3. The van der Waals surface area contributed by atoms with Crippen LogP contribution in [0, 0.1) is 21.7 Å². The zero-order chi connectivity index (χ0) is 27.7. The van der Waals surface area contributed by atoms with Gasteiger partial charge in [-0.3, -0.25) is 9.59 Å². The first kappa shape index (κ1) is 35.1. The molecule has 2 amide bonds. The molecule has 2 unspecified atom stereocenters. The molecule has 1 saturated heterocycles. The number of carbonyl (C=O) groups excluding carboxylic acids is 2. The van der Waals surface area contributed by atoms with Gasteiger partial charge in [-0.2, -0.15) is 0 Å². The fraction of sp³-hybridized carbons (Fsp3) is 0.917. The van der Waals surface area contributed by atoms with Crippen molar-refractivity contribution in [1.82, 2.24) is 5.23 Å². The van der Waals surface area contributed by atoms with Crippen molar-refractivity contribution in [2.24, 2.45) is 27.4 Å². The van der Waals surface area contributed by atoms with E-state index in [1.54, 1.807) is 0 Å². The molecule has 2 atom stereocenters. The molecule has 1 fully saturated rings. The fourth-order valence-electron chi connectivity index (χ4n) is 3.13. The molecule has 0 aliphatic carbocycles. The maximum atomic E-state index is 11.7. The molecule has 8 nitrogen and oxygen atoms in total. The molecule has 0 saturated carbocycles. The van der Waals surface area contributed by atoms with Gasteiger partial charge in [0.1, 0.15) is 12.2 Å². The van der Waals surface area contributed by atoms with Crippen LogP contribution in [0.5, 0.6) is 0 Å². The largest absolute Gasteiger partial charge is 0.451 e. The molecule has 6 N–H and O–H groups in total. The van der Waals surface area contributed by atoms with Gasteiger partial charge in [-0.05, 0) is 47.1 Å². The molecule has 200 valence electrons. The Balaban J connectivity index is 0. The van der Waals surface area contributed by atoms with Crippen LogP contribution in [0.25, 0.3) is 0 Å². The molecule has 0 aromatic heterocycles. The average Bonchev–Trinajstić information content (AvgIpc) is 2.79. The monoisotopic (exact) mass is 486 g/mol. The molecule has 0 aromatic rings. The van der Waals surface area contributed by atoms with E-state index in [9.17, 15) is 9.59 Å². The van der Waals surface area contributed by atoms with Crippen molar-refractivity contribution in [2.75, 3.05) is 0 Å². The van der Waals surface area contributed by atoms with Crippen LogP contribution in [0.3, 0.4) is 0 Å². The Labute approximate surface area is 209 Å². The first-order chi connectivity index (χ1) is 14.8. The summed E-state index contributed by atoms with van der Waals surface area (Å²) in [5.41, 5.74) is 5.13. The maximum absolute atomic E-state index is 11.7. The molecular weight excluding hydrogens is 434 g/mol. The van der Waals surface area contributed by atoms with Crippen molar-refractivity contribution in [3.05, 3.63) is 0 Å². The number of rotatable bonds is 5. The average molecular weight is 486 g/mol. The number of hydrogen-bond acceptors (Lipinski definition) is 6. The van der Waals surface area contributed by atoms with E-state index in [1.807, 2.05) is 41.5 Å². The molecule has 0 bridgehead atoms. The van der Waals surface area contributed by atoms with Crippen LogP contribution >= 0.6 is 0 Å². The summed E-state index contributed by atoms with van der Waals surface area (Å²) in [6.45, 7) is 24.6. The van der Waals surface area contributed by atoms with Gasteiger partial charge in [0.05, 0.1) is 0 Å². The molecule has 34 heavy (non-hydrogen) atoms. The van der Waals surface area contributed by atoms with Gasteiger partial charge in [0.2, 0.25) is 11.8 Å². The highest BCUT2D eigenvalue weighted by Crippen LogP contribution is 2.28. The van der Waals surface area contributed by atoms with E-state index in [-0.39, 0.29) is 40.7 Å². The van der Waals surface area contributed by atoms with Crippen LogP contribution < -0.4 is 11.0 Å². The summed E-state index contributed by atoms with van der Waals surface area (Å²) in [4.78, 5) is 22.1. The Morgan fingerprint density at radius 3 is 1.68 bits per heavy atom. The summed E-state index contributed by atoms with van der Waals surface area (Å²) in [5.74, 6) is -0.598. The molecule has 0 radical (unpaired) electrons. The van der Waals surface area contributed by atoms with Gasteiger partial charge in [0.25, 0.3) is 0 Å². The van der Waals surface area contributed by atoms with Crippen LogP contribution in [0.2, 0.25) is 12.6 Å².